The van der Waals surface area contributed by atoms with E-state index in [4.69, 9.17) is 0 Å². The van der Waals surface area contributed by atoms with Gasteiger partial charge >= 0.3 is 0 Å². The van der Waals surface area contributed by atoms with Crippen molar-refractivity contribution in [1.29, 1.82) is 0 Å². The van der Waals surface area contributed by atoms with Crippen molar-refractivity contribution in [3.05, 3.63) is 59.8 Å². The summed E-state index contributed by atoms with van der Waals surface area (Å²) in [6.07, 6.45) is 2.87. The summed E-state index contributed by atoms with van der Waals surface area (Å²) in [6, 6.07) is 14.4. The number of pyridine rings is 1. The van der Waals surface area contributed by atoms with Crippen molar-refractivity contribution in [2.45, 2.75) is 19.9 Å². The Kier molecular flexibility index (Phi) is 3.54. The maximum atomic E-state index is 4.24. The summed E-state index contributed by atoms with van der Waals surface area (Å²) in [6.45, 7) is 3.01. The highest BCUT2D eigenvalue weighted by atomic mass is 15.0. The lowest BCUT2D eigenvalue weighted by atomic mass is 10.1. The monoisotopic (exact) mass is 212 g/mol. The lowest BCUT2D eigenvalue weighted by Gasteiger charge is -2.09. The van der Waals surface area contributed by atoms with Gasteiger partial charge in [0.1, 0.15) is 5.82 Å². The van der Waals surface area contributed by atoms with Gasteiger partial charge in [0.15, 0.2) is 0 Å². The number of aromatic nitrogens is 1. The molecule has 0 bridgehead atoms. The van der Waals surface area contributed by atoms with Crippen molar-refractivity contribution in [1.82, 2.24) is 4.98 Å². The minimum atomic E-state index is 0.834. The van der Waals surface area contributed by atoms with Crippen molar-refractivity contribution in [3.63, 3.8) is 0 Å². The van der Waals surface area contributed by atoms with E-state index in [-0.39, 0.29) is 0 Å². The van der Waals surface area contributed by atoms with Crippen LogP contribution in [0.15, 0.2) is 48.7 Å². The summed E-state index contributed by atoms with van der Waals surface area (Å²) < 4.78 is 0. The number of hydrogen-bond donors (Lipinski definition) is 1. The summed E-state index contributed by atoms with van der Waals surface area (Å²) in [7, 11) is 0. The fourth-order valence-corrected chi connectivity index (χ4v) is 1.73. The van der Waals surface area contributed by atoms with E-state index in [1.54, 1.807) is 6.20 Å². The van der Waals surface area contributed by atoms with Gasteiger partial charge in [-0.15, -0.1) is 0 Å². The van der Waals surface area contributed by atoms with Gasteiger partial charge in [-0.3, -0.25) is 0 Å². The van der Waals surface area contributed by atoms with Crippen molar-refractivity contribution in [2.75, 3.05) is 5.32 Å². The van der Waals surface area contributed by atoms with Crippen LogP contribution < -0.4 is 5.32 Å². The van der Waals surface area contributed by atoms with E-state index < -0.39 is 0 Å². The first kappa shape index (κ1) is 10.7. The Balaban J connectivity index is 2.05. The van der Waals surface area contributed by atoms with Crippen LogP contribution in [0.4, 0.5) is 5.82 Å². The molecule has 0 unspecified atom stereocenters. The molecule has 0 aliphatic carbocycles. The third-order valence-electron chi connectivity index (χ3n) is 2.62. The van der Waals surface area contributed by atoms with Crippen LogP contribution in [0.5, 0.6) is 0 Å². The number of hydrogen-bond acceptors (Lipinski definition) is 2. The van der Waals surface area contributed by atoms with E-state index in [1.165, 1.54) is 11.1 Å². The topological polar surface area (TPSA) is 24.9 Å². The second kappa shape index (κ2) is 5.31. The van der Waals surface area contributed by atoms with Crippen LogP contribution in [-0.2, 0) is 13.0 Å². The van der Waals surface area contributed by atoms with Crippen LogP contribution in [0.2, 0.25) is 0 Å². The smallest absolute Gasteiger partial charge is 0.126 e. The molecular formula is C14H16N2. The first-order valence-electron chi connectivity index (χ1n) is 5.62. The summed E-state index contributed by atoms with van der Waals surface area (Å²) in [5, 5.41) is 3.32. The zero-order chi connectivity index (χ0) is 11.2. The predicted molar refractivity (Wildman–Crippen MR) is 67.4 cm³/mol. The number of nitrogens with zero attached hydrogens (tertiary/aromatic N) is 1. The Labute approximate surface area is 96.4 Å². The zero-order valence-corrected chi connectivity index (χ0v) is 9.48. The molecule has 1 N–H and O–H groups in total. The highest BCUT2D eigenvalue weighted by Crippen LogP contribution is 2.11. The highest BCUT2D eigenvalue weighted by Gasteiger charge is 1.99. The maximum Gasteiger partial charge on any atom is 0.126 e. The molecule has 2 heteroatoms. The third kappa shape index (κ3) is 2.60. The normalized spacial score (nSPS) is 10.1. The minimum Gasteiger partial charge on any atom is -0.366 e. The standard InChI is InChI=1S/C14H16N2/c1-2-12-7-3-4-8-13(12)11-16-14-9-5-6-10-15-14/h3-10H,2,11H2,1H3,(H,15,16). The molecule has 0 aliphatic heterocycles. The zero-order valence-electron chi connectivity index (χ0n) is 9.48. The van der Waals surface area contributed by atoms with Crippen molar-refractivity contribution in [3.8, 4) is 0 Å². The summed E-state index contributed by atoms with van der Waals surface area (Å²) >= 11 is 0. The Morgan fingerprint density at radius 2 is 1.75 bits per heavy atom. The third-order valence-corrected chi connectivity index (χ3v) is 2.62. The Morgan fingerprint density at radius 1 is 1.00 bits per heavy atom. The molecule has 0 fully saturated rings. The Hall–Kier alpha value is -1.83. The lowest BCUT2D eigenvalue weighted by molar-refractivity contribution is 1.03. The molecule has 2 aromatic rings. The average Bonchev–Trinajstić information content (AvgIpc) is 2.38. The van der Waals surface area contributed by atoms with E-state index in [1.807, 2.05) is 18.2 Å². The molecule has 1 aromatic carbocycles. The van der Waals surface area contributed by atoms with Crippen molar-refractivity contribution >= 4 is 5.82 Å². The van der Waals surface area contributed by atoms with Gasteiger partial charge in [0, 0.05) is 12.7 Å². The molecule has 0 radical (unpaired) electrons. The number of aryl methyl sites for hydroxylation is 1. The summed E-state index contributed by atoms with van der Waals surface area (Å²) in [5.41, 5.74) is 2.74. The predicted octanol–water partition coefficient (Wildman–Crippen LogP) is 3.26. The van der Waals surface area contributed by atoms with Crippen LogP contribution in [-0.4, -0.2) is 4.98 Å². The molecule has 0 aliphatic rings. The van der Waals surface area contributed by atoms with Crippen LogP contribution in [0, 0.1) is 0 Å². The fraction of sp³-hybridized carbons (Fsp3) is 0.214. The van der Waals surface area contributed by atoms with Crippen LogP contribution in [0.1, 0.15) is 18.1 Å². The van der Waals surface area contributed by atoms with Gasteiger partial charge in [-0.2, -0.15) is 0 Å². The van der Waals surface area contributed by atoms with Gasteiger partial charge < -0.3 is 5.32 Å². The molecule has 0 amide bonds. The first-order chi connectivity index (χ1) is 7.90. The number of rotatable bonds is 4. The molecule has 2 rings (SSSR count). The van der Waals surface area contributed by atoms with Gasteiger partial charge in [-0.25, -0.2) is 4.98 Å². The number of nitrogens with one attached hydrogen (secondary N) is 1. The molecule has 0 saturated carbocycles. The van der Waals surface area contributed by atoms with Crippen LogP contribution in [0.25, 0.3) is 0 Å². The molecule has 1 heterocycles. The second-order valence-corrected chi connectivity index (χ2v) is 3.69. The van der Waals surface area contributed by atoms with Gasteiger partial charge in [-0.1, -0.05) is 37.3 Å². The quantitative estimate of drug-likeness (QED) is 0.841. The molecule has 2 nitrogen and oxygen atoms in total. The van der Waals surface area contributed by atoms with E-state index in [0.29, 0.717) is 0 Å². The molecule has 0 saturated heterocycles. The molecule has 0 atom stereocenters. The number of anilines is 1. The lowest BCUT2D eigenvalue weighted by Crippen LogP contribution is -2.03. The molecule has 1 aromatic heterocycles. The van der Waals surface area contributed by atoms with E-state index >= 15 is 0 Å². The van der Waals surface area contributed by atoms with Crippen LogP contribution in [0.3, 0.4) is 0 Å². The van der Waals surface area contributed by atoms with Gasteiger partial charge in [0.05, 0.1) is 0 Å². The van der Waals surface area contributed by atoms with Gasteiger partial charge in [0.2, 0.25) is 0 Å². The van der Waals surface area contributed by atoms with E-state index in [0.717, 1.165) is 18.8 Å². The van der Waals surface area contributed by atoms with Crippen LogP contribution >= 0.6 is 0 Å². The average molecular weight is 212 g/mol. The molecule has 82 valence electrons. The minimum absolute atomic E-state index is 0.834. The summed E-state index contributed by atoms with van der Waals surface area (Å²) in [5.74, 6) is 0.924. The maximum absolute atomic E-state index is 4.24. The molecule has 0 spiro atoms. The number of benzene rings is 1. The first-order valence-corrected chi connectivity index (χ1v) is 5.62. The largest absolute Gasteiger partial charge is 0.366 e. The summed E-state index contributed by atoms with van der Waals surface area (Å²) in [4.78, 5) is 4.24. The Bertz CT molecular complexity index is 437. The fourth-order valence-electron chi connectivity index (χ4n) is 1.73. The van der Waals surface area contributed by atoms with Crippen molar-refractivity contribution in [2.24, 2.45) is 0 Å². The van der Waals surface area contributed by atoms with E-state index in [9.17, 15) is 0 Å². The second-order valence-electron chi connectivity index (χ2n) is 3.69. The highest BCUT2D eigenvalue weighted by molar-refractivity contribution is 5.36. The van der Waals surface area contributed by atoms with Gasteiger partial charge in [-0.05, 0) is 29.7 Å². The molecule has 16 heavy (non-hydrogen) atoms. The van der Waals surface area contributed by atoms with E-state index in [2.05, 4.69) is 41.5 Å². The Morgan fingerprint density at radius 3 is 2.44 bits per heavy atom. The van der Waals surface area contributed by atoms with Crippen molar-refractivity contribution < 1.29 is 0 Å². The molecular weight excluding hydrogens is 196 g/mol. The van der Waals surface area contributed by atoms with Gasteiger partial charge in [0.25, 0.3) is 0 Å². The SMILES string of the molecule is CCc1ccccc1CNc1ccccn1.